The highest BCUT2D eigenvalue weighted by atomic mass is 16.2. The van der Waals surface area contributed by atoms with Crippen molar-refractivity contribution in [3.8, 4) is 0 Å². The van der Waals surface area contributed by atoms with Crippen LogP contribution in [0.2, 0.25) is 0 Å². The van der Waals surface area contributed by atoms with E-state index >= 15 is 0 Å². The fourth-order valence-corrected chi connectivity index (χ4v) is 3.23. The Labute approximate surface area is 160 Å². The molecule has 1 N–H and O–H groups in total. The maximum atomic E-state index is 12.0. The van der Waals surface area contributed by atoms with Crippen LogP contribution in [0, 0.1) is 0 Å². The highest BCUT2D eigenvalue weighted by Gasteiger charge is 2.11. The standard InChI is InChI=1S/C23H37NO2/c1-2-3-4-5-6-7-8-9-10-11-15-18-23(26)24-22(20-25)19-21-16-13-12-14-17-21/h12-14,16-17,20,22H,2-11,15,18-19H2,1H3,(H,24,26). The lowest BCUT2D eigenvalue weighted by molar-refractivity contribution is -0.124. The molecule has 146 valence electrons. The third kappa shape index (κ3) is 11.8. The molecule has 3 nitrogen and oxygen atoms in total. The van der Waals surface area contributed by atoms with Crippen LogP contribution in [-0.4, -0.2) is 18.2 Å². The molecule has 1 atom stereocenters. The Morgan fingerprint density at radius 2 is 1.42 bits per heavy atom. The van der Waals surface area contributed by atoms with Crippen LogP contribution in [0.15, 0.2) is 30.3 Å². The summed E-state index contributed by atoms with van der Waals surface area (Å²) in [5.74, 6) is -0.00560. The Bertz CT molecular complexity index is 472. The average Bonchev–Trinajstić information content (AvgIpc) is 2.66. The van der Waals surface area contributed by atoms with Gasteiger partial charge in [-0.2, -0.15) is 0 Å². The number of aldehydes is 1. The van der Waals surface area contributed by atoms with E-state index in [1.54, 1.807) is 0 Å². The summed E-state index contributed by atoms with van der Waals surface area (Å²) in [4.78, 5) is 23.2. The Hall–Kier alpha value is -1.64. The Morgan fingerprint density at radius 1 is 0.885 bits per heavy atom. The summed E-state index contributed by atoms with van der Waals surface area (Å²) in [5, 5.41) is 2.84. The SMILES string of the molecule is CCCCCCCCCCCCCC(=O)NC(C=O)Cc1ccccc1. The fourth-order valence-electron chi connectivity index (χ4n) is 3.23. The normalized spacial score (nSPS) is 11.9. The van der Waals surface area contributed by atoms with E-state index in [9.17, 15) is 9.59 Å². The fraction of sp³-hybridized carbons (Fsp3) is 0.652. The van der Waals surface area contributed by atoms with Crippen LogP contribution < -0.4 is 5.32 Å². The minimum Gasteiger partial charge on any atom is -0.346 e. The van der Waals surface area contributed by atoms with Gasteiger partial charge in [0.2, 0.25) is 5.91 Å². The summed E-state index contributed by atoms with van der Waals surface area (Å²) in [7, 11) is 0. The number of unbranched alkanes of at least 4 members (excludes halogenated alkanes) is 10. The van der Waals surface area contributed by atoms with E-state index in [0.717, 1.165) is 24.7 Å². The van der Waals surface area contributed by atoms with Gasteiger partial charge in [-0.3, -0.25) is 4.79 Å². The van der Waals surface area contributed by atoms with Crippen molar-refractivity contribution >= 4 is 12.2 Å². The number of hydrogen-bond donors (Lipinski definition) is 1. The summed E-state index contributed by atoms with van der Waals surface area (Å²) in [6.07, 6.45) is 15.9. The molecule has 1 aromatic carbocycles. The zero-order valence-electron chi connectivity index (χ0n) is 16.6. The van der Waals surface area contributed by atoms with Gasteiger partial charge in [0.1, 0.15) is 6.29 Å². The number of rotatable bonds is 16. The largest absolute Gasteiger partial charge is 0.346 e. The van der Waals surface area contributed by atoms with Gasteiger partial charge < -0.3 is 10.1 Å². The van der Waals surface area contributed by atoms with Gasteiger partial charge in [0.15, 0.2) is 0 Å². The van der Waals surface area contributed by atoms with E-state index in [0.29, 0.717) is 12.8 Å². The average molecular weight is 360 g/mol. The van der Waals surface area contributed by atoms with Gasteiger partial charge in [0.25, 0.3) is 0 Å². The summed E-state index contributed by atoms with van der Waals surface area (Å²) in [6, 6.07) is 9.38. The maximum absolute atomic E-state index is 12.0. The molecule has 0 saturated carbocycles. The second kappa shape index (κ2) is 15.6. The molecule has 0 saturated heterocycles. The molecule has 0 aliphatic heterocycles. The first-order valence-corrected chi connectivity index (χ1v) is 10.5. The molecule has 0 fully saturated rings. The second-order valence-corrected chi connectivity index (χ2v) is 7.29. The van der Waals surface area contributed by atoms with E-state index in [-0.39, 0.29) is 5.91 Å². The first-order chi connectivity index (χ1) is 12.8. The van der Waals surface area contributed by atoms with Crippen LogP contribution in [0.25, 0.3) is 0 Å². The number of carbonyl (C=O) groups is 2. The number of amides is 1. The van der Waals surface area contributed by atoms with Gasteiger partial charge in [-0.1, -0.05) is 101 Å². The topological polar surface area (TPSA) is 46.2 Å². The molecule has 0 spiro atoms. The molecular formula is C23H37NO2. The van der Waals surface area contributed by atoms with Crippen molar-refractivity contribution in [2.45, 2.75) is 96.4 Å². The molecule has 1 amide bonds. The predicted molar refractivity (Wildman–Crippen MR) is 109 cm³/mol. The lowest BCUT2D eigenvalue weighted by Crippen LogP contribution is -2.37. The van der Waals surface area contributed by atoms with Crippen molar-refractivity contribution in [2.24, 2.45) is 0 Å². The third-order valence-electron chi connectivity index (χ3n) is 4.82. The van der Waals surface area contributed by atoms with Crippen LogP contribution in [-0.2, 0) is 16.0 Å². The van der Waals surface area contributed by atoms with Gasteiger partial charge in [0.05, 0.1) is 6.04 Å². The smallest absolute Gasteiger partial charge is 0.220 e. The van der Waals surface area contributed by atoms with Crippen molar-refractivity contribution < 1.29 is 9.59 Å². The molecule has 3 heteroatoms. The van der Waals surface area contributed by atoms with Crippen molar-refractivity contribution in [1.82, 2.24) is 5.32 Å². The zero-order valence-corrected chi connectivity index (χ0v) is 16.6. The first kappa shape index (κ1) is 22.4. The summed E-state index contributed by atoms with van der Waals surface area (Å²) < 4.78 is 0. The Morgan fingerprint density at radius 3 is 1.96 bits per heavy atom. The van der Waals surface area contributed by atoms with Crippen LogP contribution in [0.4, 0.5) is 0 Å². The van der Waals surface area contributed by atoms with Gasteiger partial charge >= 0.3 is 0 Å². The summed E-state index contributed by atoms with van der Waals surface area (Å²) in [5.41, 5.74) is 1.07. The number of nitrogens with one attached hydrogen (secondary N) is 1. The molecule has 1 rings (SSSR count). The maximum Gasteiger partial charge on any atom is 0.220 e. The lowest BCUT2D eigenvalue weighted by atomic mass is 10.0. The summed E-state index contributed by atoms with van der Waals surface area (Å²) in [6.45, 7) is 2.25. The third-order valence-corrected chi connectivity index (χ3v) is 4.82. The molecule has 0 aliphatic rings. The van der Waals surface area contributed by atoms with Gasteiger partial charge in [-0.15, -0.1) is 0 Å². The van der Waals surface area contributed by atoms with Gasteiger partial charge in [0, 0.05) is 6.42 Å². The highest BCUT2D eigenvalue weighted by molar-refractivity contribution is 5.79. The number of benzene rings is 1. The quantitative estimate of drug-likeness (QED) is 0.308. The predicted octanol–water partition coefficient (Wildman–Crippen LogP) is 5.61. The van der Waals surface area contributed by atoms with E-state index < -0.39 is 6.04 Å². The molecule has 0 aliphatic carbocycles. The van der Waals surface area contributed by atoms with Crippen LogP contribution in [0.3, 0.4) is 0 Å². The minimum atomic E-state index is -0.419. The van der Waals surface area contributed by atoms with E-state index in [1.807, 2.05) is 30.3 Å². The van der Waals surface area contributed by atoms with Gasteiger partial charge in [-0.05, 0) is 18.4 Å². The molecule has 0 aromatic heterocycles. The number of hydrogen-bond acceptors (Lipinski definition) is 2. The van der Waals surface area contributed by atoms with E-state index in [2.05, 4.69) is 12.2 Å². The molecule has 1 aromatic rings. The minimum absolute atomic E-state index is 0.00560. The summed E-state index contributed by atoms with van der Waals surface area (Å²) >= 11 is 0. The lowest BCUT2D eigenvalue weighted by Gasteiger charge is -2.13. The molecule has 1 unspecified atom stereocenters. The molecule has 0 bridgehead atoms. The van der Waals surface area contributed by atoms with Gasteiger partial charge in [-0.25, -0.2) is 0 Å². The Balaban J connectivity index is 1.99. The van der Waals surface area contributed by atoms with Crippen LogP contribution >= 0.6 is 0 Å². The van der Waals surface area contributed by atoms with E-state index in [1.165, 1.54) is 57.8 Å². The molecule has 26 heavy (non-hydrogen) atoms. The van der Waals surface area contributed by atoms with Crippen molar-refractivity contribution in [1.29, 1.82) is 0 Å². The highest BCUT2D eigenvalue weighted by Crippen LogP contribution is 2.12. The molecule has 0 radical (unpaired) electrons. The van der Waals surface area contributed by atoms with Crippen molar-refractivity contribution in [3.05, 3.63) is 35.9 Å². The van der Waals surface area contributed by atoms with Crippen molar-refractivity contribution in [3.63, 3.8) is 0 Å². The molecular weight excluding hydrogens is 322 g/mol. The Kier molecular flexibility index (Phi) is 13.4. The van der Waals surface area contributed by atoms with Crippen molar-refractivity contribution in [2.75, 3.05) is 0 Å². The van der Waals surface area contributed by atoms with Crippen LogP contribution in [0.1, 0.15) is 89.5 Å². The molecule has 0 heterocycles. The first-order valence-electron chi connectivity index (χ1n) is 10.5. The zero-order chi connectivity index (χ0) is 18.9. The number of carbonyl (C=O) groups excluding carboxylic acids is 2. The second-order valence-electron chi connectivity index (χ2n) is 7.29. The van der Waals surface area contributed by atoms with E-state index in [4.69, 9.17) is 0 Å². The monoisotopic (exact) mass is 359 g/mol. The van der Waals surface area contributed by atoms with Crippen LogP contribution in [0.5, 0.6) is 0 Å².